The lowest BCUT2D eigenvalue weighted by atomic mass is 9.86. The van der Waals surface area contributed by atoms with Gasteiger partial charge < -0.3 is 16.2 Å². The van der Waals surface area contributed by atoms with E-state index in [2.05, 4.69) is 5.32 Å². The third-order valence-electron chi connectivity index (χ3n) is 3.34. The summed E-state index contributed by atoms with van der Waals surface area (Å²) in [5.74, 6) is 0.305. The topological polar surface area (TPSA) is 75.4 Å². The minimum absolute atomic E-state index is 0.00958. The summed E-state index contributed by atoms with van der Waals surface area (Å²) in [5.41, 5.74) is 5.14. The monoisotopic (exact) mass is 230 g/mol. The molecule has 96 valence electrons. The fourth-order valence-corrected chi connectivity index (χ4v) is 1.45. The van der Waals surface area contributed by atoms with Crippen LogP contribution in [0.15, 0.2) is 0 Å². The second kappa shape index (κ2) is 6.86. The molecule has 0 aromatic heterocycles. The summed E-state index contributed by atoms with van der Waals surface area (Å²) in [4.78, 5) is 12.0. The quantitative estimate of drug-likeness (QED) is 0.608. The summed E-state index contributed by atoms with van der Waals surface area (Å²) < 4.78 is 0. The van der Waals surface area contributed by atoms with Gasteiger partial charge in [-0.15, -0.1) is 0 Å². The lowest BCUT2D eigenvalue weighted by Crippen LogP contribution is -2.49. The first-order valence-electron chi connectivity index (χ1n) is 6.03. The zero-order valence-corrected chi connectivity index (χ0v) is 10.9. The highest BCUT2D eigenvalue weighted by atomic mass is 16.3. The molecule has 4 N–H and O–H groups in total. The number of nitrogens with two attached hydrogens (primary N) is 1. The molecule has 4 nitrogen and oxygen atoms in total. The molecule has 0 fully saturated rings. The van der Waals surface area contributed by atoms with Gasteiger partial charge in [0.15, 0.2) is 0 Å². The number of rotatable bonds is 7. The standard InChI is InChI=1S/C12H26N2O2/c1-5-12(4,8-13)11(16)14-10(6-7-15)9(2)3/h9-10,15H,5-8,13H2,1-4H3,(H,14,16). The number of hydrogen-bond acceptors (Lipinski definition) is 3. The van der Waals surface area contributed by atoms with Crippen LogP contribution in [-0.2, 0) is 4.79 Å². The first-order valence-corrected chi connectivity index (χ1v) is 6.03. The van der Waals surface area contributed by atoms with Crippen molar-refractivity contribution >= 4 is 5.91 Å². The molecular weight excluding hydrogens is 204 g/mol. The van der Waals surface area contributed by atoms with E-state index in [0.29, 0.717) is 18.9 Å². The maximum absolute atomic E-state index is 12.0. The molecule has 2 unspecified atom stereocenters. The molecule has 0 saturated carbocycles. The molecule has 16 heavy (non-hydrogen) atoms. The molecule has 0 aromatic rings. The van der Waals surface area contributed by atoms with Crippen LogP contribution in [0.5, 0.6) is 0 Å². The second-order valence-corrected chi connectivity index (χ2v) is 4.95. The summed E-state index contributed by atoms with van der Waals surface area (Å²) >= 11 is 0. The van der Waals surface area contributed by atoms with Crippen molar-refractivity contribution in [1.29, 1.82) is 0 Å². The molecule has 0 aliphatic carbocycles. The first kappa shape index (κ1) is 15.4. The van der Waals surface area contributed by atoms with Crippen LogP contribution in [0.25, 0.3) is 0 Å². The van der Waals surface area contributed by atoms with Crippen LogP contribution < -0.4 is 11.1 Å². The molecule has 1 amide bonds. The number of carbonyl (C=O) groups excluding carboxylic acids is 1. The van der Waals surface area contributed by atoms with Gasteiger partial charge in [0.2, 0.25) is 5.91 Å². The number of amides is 1. The van der Waals surface area contributed by atoms with Gasteiger partial charge >= 0.3 is 0 Å². The van der Waals surface area contributed by atoms with Gasteiger partial charge in [0.1, 0.15) is 0 Å². The molecule has 0 radical (unpaired) electrons. The van der Waals surface area contributed by atoms with Gasteiger partial charge in [-0.2, -0.15) is 0 Å². The van der Waals surface area contributed by atoms with E-state index in [-0.39, 0.29) is 18.6 Å². The van der Waals surface area contributed by atoms with Crippen molar-refractivity contribution in [2.75, 3.05) is 13.2 Å². The van der Waals surface area contributed by atoms with Gasteiger partial charge in [0.05, 0.1) is 5.41 Å². The highest BCUT2D eigenvalue weighted by Crippen LogP contribution is 2.20. The number of hydrogen-bond donors (Lipinski definition) is 3. The Labute approximate surface area is 98.6 Å². The van der Waals surface area contributed by atoms with Crippen LogP contribution >= 0.6 is 0 Å². The zero-order chi connectivity index (χ0) is 12.8. The second-order valence-electron chi connectivity index (χ2n) is 4.95. The van der Waals surface area contributed by atoms with Crippen molar-refractivity contribution in [1.82, 2.24) is 5.32 Å². The lowest BCUT2D eigenvalue weighted by Gasteiger charge is -2.30. The fourth-order valence-electron chi connectivity index (χ4n) is 1.45. The SMILES string of the molecule is CCC(C)(CN)C(=O)NC(CCO)C(C)C. The molecular formula is C12H26N2O2. The van der Waals surface area contributed by atoms with E-state index in [4.69, 9.17) is 10.8 Å². The van der Waals surface area contributed by atoms with E-state index in [1.54, 1.807) is 0 Å². The number of aliphatic hydroxyl groups is 1. The smallest absolute Gasteiger partial charge is 0.227 e. The summed E-state index contributed by atoms with van der Waals surface area (Å²) in [5, 5.41) is 11.9. The fraction of sp³-hybridized carbons (Fsp3) is 0.917. The molecule has 4 heteroatoms. The van der Waals surface area contributed by atoms with E-state index < -0.39 is 5.41 Å². The minimum atomic E-state index is -0.497. The molecule has 2 atom stereocenters. The highest BCUT2D eigenvalue weighted by Gasteiger charge is 2.31. The Morgan fingerprint density at radius 1 is 1.50 bits per heavy atom. The molecule has 0 aliphatic rings. The van der Waals surface area contributed by atoms with Crippen LogP contribution in [0, 0.1) is 11.3 Å². The van der Waals surface area contributed by atoms with Crippen molar-refractivity contribution in [3.63, 3.8) is 0 Å². The van der Waals surface area contributed by atoms with Crippen LogP contribution in [0.4, 0.5) is 0 Å². The minimum Gasteiger partial charge on any atom is -0.396 e. The average molecular weight is 230 g/mol. The summed E-state index contributed by atoms with van der Waals surface area (Å²) in [6.45, 7) is 8.34. The van der Waals surface area contributed by atoms with Crippen molar-refractivity contribution < 1.29 is 9.90 Å². The molecule has 0 saturated heterocycles. The maximum Gasteiger partial charge on any atom is 0.227 e. The van der Waals surface area contributed by atoms with Gasteiger partial charge in [0, 0.05) is 19.2 Å². The Morgan fingerprint density at radius 3 is 2.38 bits per heavy atom. The van der Waals surface area contributed by atoms with Crippen LogP contribution in [-0.4, -0.2) is 30.2 Å². The van der Waals surface area contributed by atoms with Crippen LogP contribution in [0.2, 0.25) is 0 Å². The van der Waals surface area contributed by atoms with E-state index in [1.165, 1.54) is 0 Å². The Kier molecular flexibility index (Phi) is 6.60. The third-order valence-corrected chi connectivity index (χ3v) is 3.34. The van der Waals surface area contributed by atoms with Crippen molar-refractivity contribution in [3.8, 4) is 0 Å². The number of nitrogens with one attached hydrogen (secondary N) is 1. The Morgan fingerprint density at radius 2 is 2.06 bits per heavy atom. The summed E-state index contributed by atoms with van der Waals surface area (Å²) in [7, 11) is 0. The van der Waals surface area contributed by atoms with Gasteiger partial charge in [-0.25, -0.2) is 0 Å². The van der Waals surface area contributed by atoms with E-state index in [0.717, 1.165) is 6.42 Å². The van der Waals surface area contributed by atoms with Crippen molar-refractivity contribution in [3.05, 3.63) is 0 Å². The Bertz CT molecular complexity index is 213. The van der Waals surface area contributed by atoms with E-state index in [1.807, 2.05) is 27.7 Å². The van der Waals surface area contributed by atoms with Gasteiger partial charge in [-0.1, -0.05) is 20.8 Å². The lowest BCUT2D eigenvalue weighted by molar-refractivity contribution is -0.131. The number of carbonyl (C=O) groups is 1. The molecule has 0 spiro atoms. The average Bonchev–Trinajstić information content (AvgIpc) is 2.26. The highest BCUT2D eigenvalue weighted by molar-refractivity contribution is 5.82. The molecule has 0 rings (SSSR count). The van der Waals surface area contributed by atoms with Gasteiger partial charge in [-0.3, -0.25) is 4.79 Å². The third kappa shape index (κ3) is 4.10. The number of aliphatic hydroxyl groups excluding tert-OH is 1. The molecule has 0 bridgehead atoms. The normalized spacial score (nSPS) is 16.9. The predicted octanol–water partition coefficient (Wildman–Crippen LogP) is 0.885. The van der Waals surface area contributed by atoms with Crippen molar-refractivity contribution in [2.45, 2.75) is 46.6 Å². The van der Waals surface area contributed by atoms with E-state index in [9.17, 15) is 4.79 Å². The molecule has 0 aromatic carbocycles. The Hall–Kier alpha value is -0.610. The molecule has 0 heterocycles. The van der Waals surface area contributed by atoms with Crippen LogP contribution in [0.1, 0.15) is 40.5 Å². The van der Waals surface area contributed by atoms with Gasteiger partial charge in [0.25, 0.3) is 0 Å². The summed E-state index contributed by atoms with van der Waals surface area (Å²) in [6, 6.07) is 0.0231. The summed E-state index contributed by atoms with van der Waals surface area (Å²) in [6.07, 6.45) is 1.31. The van der Waals surface area contributed by atoms with Crippen molar-refractivity contribution in [2.24, 2.45) is 17.1 Å². The van der Waals surface area contributed by atoms with E-state index >= 15 is 0 Å². The predicted molar refractivity (Wildman–Crippen MR) is 65.9 cm³/mol. The zero-order valence-electron chi connectivity index (χ0n) is 10.9. The first-order chi connectivity index (χ1) is 7.41. The maximum atomic E-state index is 12.0. The molecule has 0 aliphatic heterocycles. The van der Waals surface area contributed by atoms with Gasteiger partial charge in [-0.05, 0) is 25.7 Å². The largest absolute Gasteiger partial charge is 0.396 e. The Balaban J connectivity index is 4.50. The van der Waals surface area contributed by atoms with Crippen LogP contribution in [0.3, 0.4) is 0 Å².